The highest BCUT2D eigenvalue weighted by atomic mass is 16.2. The van der Waals surface area contributed by atoms with Gasteiger partial charge in [-0.25, -0.2) is 0 Å². The number of amides is 1. The number of allylic oxidation sites excluding steroid dienone is 9. The third kappa shape index (κ3) is 6.19. The standard InChI is InChI=1S/C27H39NO/c1-20(14-15-24-22(3)13-10-16-26(24,5)6)11-9-12-21(2)17-25(29)28-18-23(4)27(7,8)19-28/h9,11-12,14-15,17H,4,10,13,16,18-19H2,1-3,5-8H3/b12-9+,15-14+,20-11-,21-17+. The van der Waals surface area contributed by atoms with Gasteiger partial charge in [0.25, 0.3) is 0 Å². The predicted molar refractivity (Wildman–Crippen MR) is 126 cm³/mol. The van der Waals surface area contributed by atoms with Gasteiger partial charge in [-0.15, -0.1) is 0 Å². The minimum Gasteiger partial charge on any atom is -0.334 e. The molecule has 0 aromatic carbocycles. The molecule has 2 heteroatoms. The first kappa shape index (κ1) is 23.2. The molecule has 0 spiro atoms. The normalized spacial score (nSPS) is 23.0. The summed E-state index contributed by atoms with van der Waals surface area (Å²) in [5.41, 5.74) is 6.59. The van der Waals surface area contributed by atoms with Crippen LogP contribution in [-0.2, 0) is 4.79 Å². The first-order chi connectivity index (χ1) is 13.4. The number of nitrogens with zero attached hydrogens (tertiary/aromatic N) is 1. The van der Waals surface area contributed by atoms with Crippen molar-refractivity contribution in [3.63, 3.8) is 0 Å². The SMILES string of the molecule is C=C1CN(C(=O)/C=C(C)/C=C/C=C(C)\C=C\C2=C(C)CCCC2(C)C)CC1(C)C. The summed E-state index contributed by atoms with van der Waals surface area (Å²) in [6.45, 7) is 20.8. The molecule has 158 valence electrons. The third-order valence-electron chi connectivity index (χ3n) is 6.36. The van der Waals surface area contributed by atoms with Crippen molar-refractivity contribution >= 4 is 5.91 Å². The third-order valence-corrected chi connectivity index (χ3v) is 6.36. The quantitative estimate of drug-likeness (QED) is 0.281. The van der Waals surface area contributed by atoms with Crippen LogP contribution in [0.2, 0.25) is 0 Å². The Labute approximate surface area is 178 Å². The summed E-state index contributed by atoms with van der Waals surface area (Å²) < 4.78 is 0. The largest absolute Gasteiger partial charge is 0.334 e. The fourth-order valence-electron chi connectivity index (χ4n) is 4.21. The monoisotopic (exact) mass is 393 g/mol. The highest BCUT2D eigenvalue weighted by Gasteiger charge is 2.34. The van der Waals surface area contributed by atoms with Gasteiger partial charge in [-0.1, -0.05) is 81.4 Å². The Bertz CT molecular complexity index is 811. The molecule has 1 aliphatic carbocycles. The van der Waals surface area contributed by atoms with Crippen molar-refractivity contribution < 1.29 is 4.79 Å². The molecule has 1 aliphatic heterocycles. The second kappa shape index (κ2) is 9.15. The first-order valence-corrected chi connectivity index (χ1v) is 10.8. The molecule has 1 fully saturated rings. The van der Waals surface area contributed by atoms with Crippen molar-refractivity contribution in [1.82, 2.24) is 4.90 Å². The maximum atomic E-state index is 12.5. The van der Waals surface area contributed by atoms with Gasteiger partial charge in [0.1, 0.15) is 0 Å². The Morgan fingerprint density at radius 3 is 2.34 bits per heavy atom. The molecule has 1 heterocycles. The molecular weight excluding hydrogens is 354 g/mol. The number of likely N-dealkylation sites (tertiary alicyclic amines) is 1. The molecule has 0 aromatic rings. The summed E-state index contributed by atoms with van der Waals surface area (Å²) in [5.74, 6) is 0.0708. The van der Waals surface area contributed by atoms with E-state index in [1.807, 2.05) is 24.0 Å². The lowest BCUT2D eigenvalue weighted by Gasteiger charge is -2.32. The number of hydrogen-bond donors (Lipinski definition) is 0. The average molecular weight is 394 g/mol. The van der Waals surface area contributed by atoms with Crippen LogP contribution in [0.3, 0.4) is 0 Å². The minimum absolute atomic E-state index is 0.0140. The first-order valence-electron chi connectivity index (χ1n) is 10.8. The molecule has 2 rings (SSSR count). The average Bonchev–Trinajstić information content (AvgIpc) is 2.87. The summed E-state index contributed by atoms with van der Waals surface area (Å²) in [6.07, 6.45) is 16.1. The van der Waals surface area contributed by atoms with Gasteiger partial charge in [0.05, 0.1) is 0 Å². The highest BCUT2D eigenvalue weighted by molar-refractivity contribution is 5.89. The lowest BCUT2D eigenvalue weighted by atomic mass is 9.72. The van der Waals surface area contributed by atoms with Crippen LogP contribution in [-0.4, -0.2) is 23.9 Å². The second-order valence-corrected chi connectivity index (χ2v) is 10.1. The van der Waals surface area contributed by atoms with E-state index >= 15 is 0 Å². The molecular formula is C27H39NO. The zero-order chi connectivity index (χ0) is 21.8. The van der Waals surface area contributed by atoms with Gasteiger partial charge in [-0.3, -0.25) is 4.79 Å². The van der Waals surface area contributed by atoms with E-state index in [0.29, 0.717) is 6.54 Å². The molecule has 0 N–H and O–H groups in total. The van der Waals surface area contributed by atoms with E-state index < -0.39 is 0 Å². The van der Waals surface area contributed by atoms with Gasteiger partial charge in [-0.2, -0.15) is 0 Å². The Morgan fingerprint density at radius 2 is 1.76 bits per heavy atom. The molecule has 2 aliphatic rings. The van der Waals surface area contributed by atoms with Crippen LogP contribution in [0.1, 0.15) is 67.7 Å². The molecule has 0 bridgehead atoms. The molecule has 29 heavy (non-hydrogen) atoms. The Morgan fingerprint density at radius 1 is 1.07 bits per heavy atom. The van der Waals surface area contributed by atoms with Crippen LogP contribution in [0.25, 0.3) is 0 Å². The van der Waals surface area contributed by atoms with Crippen LogP contribution in [0.5, 0.6) is 0 Å². The topological polar surface area (TPSA) is 20.3 Å². The van der Waals surface area contributed by atoms with E-state index in [0.717, 1.165) is 17.7 Å². The Hall–Kier alpha value is -2.09. The fourth-order valence-corrected chi connectivity index (χ4v) is 4.21. The van der Waals surface area contributed by atoms with Crippen LogP contribution >= 0.6 is 0 Å². The number of carbonyl (C=O) groups excluding carboxylic acids is 1. The van der Waals surface area contributed by atoms with E-state index in [1.54, 1.807) is 6.08 Å². The van der Waals surface area contributed by atoms with Crippen molar-refractivity contribution in [3.05, 3.63) is 70.9 Å². The fraction of sp³-hybridized carbons (Fsp3) is 0.519. The van der Waals surface area contributed by atoms with Gasteiger partial charge in [0.2, 0.25) is 5.91 Å². The van der Waals surface area contributed by atoms with Gasteiger partial charge < -0.3 is 4.90 Å². The van der Waals surface area contributed by atoms with Gasteiger partial charge in [0, 0.05) is 24.6 Å². The molecule has 0 radical (unpaired) electrons. The Kier molecular flexibility index (Phi) is 7.32. The predicted octanol–water partition coefficient (Wildman–Crippen LogP) is 6.94. The molecule has 0 aromatic heterocycles. The highest BCUT2D eigenvalue weighted by Crippen LogP contribution is 2.40. The van der Waals surface area contributed by atoms with E-state index in [1.165, 1.54) is 36.0 Å². The van der Waals surface area contributed by atoms with E-state index in [-0.39, 0.29) is 16.7 Å². The summed E-state index contributed by atoms with van der Waals surface area (Å²) in [7, 11) is 0. The van der Waals surface area contributed by atoms with Crippen molar-refractivity contribution in [1.29, 1.82) is 0 Å². The molecule has 1 saturated heterocycles. The molecule has 1 amide bonds. The maximum Gasteiger partial charge on any atom is 0.247 e. The summed E-state index contributed by atoms with van der Waals surface area (Å²) in [6, 6.07) is 0. The molecule has 0 atom stereocenters. The van der Waals surface area contributed by atoms with Crippen LogP contribution in [0, 0.1) is 10.8 Å². The number of rotatable bonds is 5. The summed E-state index contributed by atoms with van der Waals surface area (Å²) in [4.78, 5) is 14.4. The second-order valence-electron chi connectivity index (χ2n) is 10.1. The van der Waals surface area contributed by atoms with Gasteiger partial charge in [0.15, 0.2) is 0 Å². The van der Waals surface area contributed by atoms with Crippen molar-refractivity contribution in [2.24, 2.45) is 10.8 Å². The molecule has 2 nitrogen and oxygen atoms in total. The molecule has 0 saturated carbocycles. The summed E-state index contributed by atoms with van der Waals surface area (Å²) in [5, 5.41) is 0. The zero-order valence-corrected chi connectivity index (χ0v) is 19.6. The van der Waals surface area contributed by atoms with Crippen molar-refractivity contribution in [3.8, 4) is 0 Å². The lowest BCUT2D eigenvalue weighted by Crippen LogP contribution is -2.28. The van der Waals surface area contributed by atoms with Crippen LogP contribution in [0.4, 0.5) is 0 Å². The van der Waals surface area contributed by atoms with E-state index in [4.69, 9.17) is 0 Å². The smallest absolute Gasteiger partial charge is 0.247 e. The number of carbonyl (C=O) groups is 1. The number of hydrogen-bond acceptors (Lipinski definition) is 1. The Balaban J connectivity index is 1.98. The summed E-state index contributed by atoms with van der Waals surface area (Å²) >= 11 is 0. The lowest BCUT2D eigenvalue weighted by molar-refractivity contribution is -0.125. The van der Waals surface area contributed by atoms with Crippen molar-refractivity contribution in [2.75, 3.05) is 13.1 Å². The van der Waals surface area contributed by atoms with E-state index in [9.17, 15) is 4.79 Å². The van der Waals surface area contributed by atoms with Gasteiger partial charge in [-0.05, 0) is 56.6 Å². The maximum absolute atomic E-state index is 12.5. The van der Waals surface area contributed by atoms with Crippen LogP contribution in [0.15, 0.2) is 70.9 Å². The minimum atomic E-state index is 0.0140. The van der Waals surface area contributed by atoms with Crippen LogP contribution < -0.4 is 0 Å². The zero-order valence-electron chi connectivity index (χ0n) is 19.6. The van der Waals surface area contributed by atoms with Crippen molar-refractivity contribution in [2.45, 2.75) is 67.7 Å². The molecule has 0 unspecified atom stereocenters. The van der Waals surface area contributed by atoms with E-state index in [2.05, 4.69) is 66.3 Å². The van der Waals surface area contributed by atoms with Gasteiger partial charge >= 0.3 is 0 Å².